The molecule has 0 amide bonds. The fourth-order valence-electron chi connectivity index (χ4n) is 2.42. The zero-order valence-corrected chi connectivity index (χ0v) is 17.1. The standard InChI is InChI=1S/C22H22O8/c1-5-27-20(25)28-17-12-7-6-10-15(17)18(24)16-11-8-9-14(13-23)19(16)29-21(26)30-22(2,3)4/h6-13H,5H2,1-4H3. The highest BCUT2D eigenvalue weighted by molar-refractivity contribution is 6.13. The monoisotopic (exact) mass is 414 g/mol. The molecule has 0 aliphatic heterocycles. The van der Waals surface area contributed by atoms with Gasteiger partial charge < -0.3 is 18.9 Å². The number of carbonyl (C=O) groups excluding carboxylic acids is 4. The molecule has 0 saturated carbocycles. The molecule has 158 valence electrons. The second kappa shape index (κ2) is 9.69. The number of carbonyl (C=O) groups is 4. The van der Waals surface area contributed by atoms with E-state index in [-0.39, 0.29) is 34.8 Å². The van der Waals surface area contributed by atoms with Gasteiger partial charge in [0.15, 0.2) is 12.0 Å². The van der Waals surface area contributed by atoms with E-state index < -0.39 is 23.7 Å². The summed E-state index contributed by atoms with van der Waals surface area (Å²) in [5, 5.41) is 0. The molecule has 0 saturated heterocycles. The van der Waals surface area contributed by atoms with E-state index in [0.29, 0.717) is 6.29 Å². The summed E-state index contributed by atoms with van der Waals surface area (Å²) in [5.41, 5.74) is -0.916. The summed E-state index contributed by atoms with van der Waals surface area (Å²) in [6.07, 6.45) is -1.58. The Morgan fingerprint density at radius 3 is 2.20 bits per heavy atom. The third-order valence-electron chi connectivity index (χ3n) is 3.58. The Labute approximate surface area is 173 Å². The summed E-state index contributed by atoms with van der Waals surface area (Å²) in [6.45, 7) is 6.66. The van der Waals surface area contributed by atoms with Crippen LogP contribution in [0, 0.1) is 0 Å². The van der Waals surface area contributed by atoms with Gasteiger partial charge in [0.25, 0.3) is 0 Å². The Kier molecular flexibility index (Phi) is 7.30. The van der Waals surface area contributed by atoms with Crippen molar-refractivity contribution in [1.29, 1.82) is 0 Å². The normalized spacial score (nSPS) is 10.7. The fourth-order valence-corrected chi connectivity index (χ4v) is 2.42. The van der Waals surface area contributed by atoms with Crippen LogP contribution in [0.5, 0.6) is 11.5 Å². The maximum absolute atomic E-state index is 13.2. The van der Waals surface area contributed by atoms with Crippen molar-refractivity contribution in [3.05, 3.63) is 59.2 Å². The quantitative estimate of drug-likeness (QED) is 0.293. The molecular weight excluding hydrogens is 392 g/mol. The van der Waals surface area contributed by atoms with E-state index in [1.807, 2.05) is 0 Å². The van der Waals surface area contributed by atoms with Crippen LogP contribution in [0.3, 0.4) is 0 Å². The van der Waals surface area contributed by atoms with Gasteiger partial charge >= 0.3 is 12.3 Å². The van der Waals surface area contributed by atoms with Gasteiger partial charge in [-0.2, -0.15) is 0 Å². The summed E-state index contributed by atoms with van der Waals surface area (Å²) in [6, 6.07) is 10.2. The first-order chi connectivity index (χ1) is 14.2. The molecule has 0 N–H and O–H groups in total. The van der Waals surface area contributed by atoms with Gasteiger partial charge in [-0.05, 0) is 52.0 Å². The molecule has 0 unspecified atom stereocenters. The zero-order valence-electron chi connectivity index (χ0n) is 17.1. The van der Waals surface area contributed by atoms with Crippen LogP contribution in [0.2, 0.25) is 0 Å². The van der Waals surface area contributed by atoms with E-state index in [2.05, 4.69) is 0 Å². The van der Waals surface area contributed by atoms with Crippen LogP contribution in [-0.4, -0.2) is 36.6 Å². The highest BCUT2D eigenvalue weighted by Gasteiger charge is 2.25. The van der Waals surface area contributed by atoms with E-state index >= 15 is 0 Å². The Morgan fingerprint density at radius 1 is 0.900 bits per heavy atom. The van der Waals surface area contributed by atoms with Crippen LogP contribution in [0.15, 0.2) is 42.5 Å². The molecule has 0 aromatic heterocycles. The fraction of sp³-hybridized carbons (Fsp3) is 0.273. The minimum Gasteiger partial charge on any atom is -0.434 e. The summed E-state index contributed by atoms with van der Waals surface area (Å²) in [5.74, 6) is -0.921. The van der Waals surface area contributed by atoms with Crippen molar-refractivity contribution in [3.63, 3.8) is 0 Å². The minimum absolute atomic E-state index is 0.0163. The lowest BCUT2D eigenvalue weighted by atomic mass is 9.99. The summed E-state index contributed by atoms with van der Waals surface area (Å²) in [4.78, 5) is 48.5. The first kappa shape index (κ1) is 22.6. The van der Waals surface area contributed by atoms with Gasteiger partial charge in [0.1, 0.15) is 11.4 Å². The van der Waals surface area contributed by atoms with Crippen molar-refractivity contribution in [2.24, 2.45) is 0 Å². The summed E-state index contributed by atoms with van der Waals surface area (Å²) < 4.78 is 20.1. The Hall–Kier alpha value is -3.68. The van der Waals surface area contributed by atoms with Gasteiger partial charge in [0.2, 0.25) is 5.78 Å². The van der Waals surface area contributed by atoms with Crippen LogP contribution in [-0.2, 0) is 9.47 Å². The van der Waals surface area contributed by atoms with Gasteiger partial charge in [-0.25, -0.2) is 9.59 Å². The lowest BCUT2D eigenvalue weighted by Crippen LogP contribution is -2.26. The van der Waals surface area contributed by atoms with Crippen molar-refractivity contribution in [3.8, 4) is 11.5 Å². The summed E-state index contributed by atoms with van der Waals surface area (Å²) in [7, 11) is 0. The SMILES string of the molecule is CCOC(=O)Oc1ccccc1C(=O)c1cccc(C=O)c1OC(=O)OC(C)(C)C. The van der Waals surface area contributed by atoms with Gasteiger partial charge in [0.05, 0.1) is 23.3 Å². The smallest absolute Gasteiger partial charge is 0.434 e. The molecule has 0 heterocycles. The number of aldehydes is 1. The van der Waals surface area contributed by atoms with Gasteiger partial charge in [-0.3, -0.25) is 9.59 Å². The van der Waals surface area contributed by atoms with Crippen LogP contribution in [0.1, 0.15) is 54.0 Å². The largest absolute Gasteiger partial charge is 0.514 e. The highest BCUT2D eigenvalue weighted by Crippen LogP contribution is 2.30. The minimum atomic E-state index is -1.07. The van der Waals surface area contributed by atoms with Crippen molar-refractivity contribution in [2.45, 2.75) is 33.3 Å². The molecule has 0 fully saturated rings. The molecule has 2 aromatic rings. The average molecular weight is 414 g/mol. The summed E-state index contributed by atoms with van der Waals surface area (Å²) >= 11 is 0. The van der Waals surface area contributed by atoms with Crippen LogP contribution in [0.25, 0.3) is 0 Å². The highest BCUT2D eigenvalue weighted by atomic mass is 16.7. The molecule has 8 heteroatoms. The van der Waals surface area contributed by atoms with Gasteiger partial charge in [-0.1, -0.05) is 18.2 Å². The molecule has 0 aliphatic carbocycles. The molecule has 2 aromatic carbocycles. The van der Waals surface area contributed by atoms with Gasteiger partial charge in [0, 0.05) is 0 Å². The third kappa shape index (κ3) is 5.91. The predicted molar refractivity (Wildman–Crippen MR) is 106 cm³/mol. The lowest BCUT2D eigenvalue weighted by Gasteiger charge is -2.20. The third-order valence-corrected chi connectivity index (χ3v) is 3.58. The number of benzene rings is 2. The molecular formula is C22H22O8. The first-order valence-corrected chi connectivity index (χ1v) is 9.13. The van der Waals surface area contributed by atoms with Crippen molar-refractivity contribution in [2.75, 3.05) is 6.61 Å². The average Bonchev–Trinajstić information content (AvgIpc) is 2.66. The number of hydrogen-bond acceptors (Lipinski definition) is 8. The Balaban J connectivity index is 2.45. The second-order valence-electron chi connectivity index (χ2n) is 7.02. The van der Waals surface area contributed by atoms with Crippen molar-refractivity contribution < 1.29 is 38.1 Å². The molecule has 0 aliphatic rings. The van der Waals surface area contributed by atoms with Crippen LogP contribution >= 0.6 is 0 Å². The Bertz CT molecular complexity index is 956. The number of para-hydroxylation sites is 2. The molecule has 30 heavy (non-hydrogen) atoms. The zero-order chi connectivity index (χ0) is 22.3. The molecule has 0 spiro atoms. The van der Waals surface area contributed by atoms with E-state index in [4.69, 9.17) is 18.9 Å². The van der Waals surface area contributed by atoms with E-state index in [1.54, 1.807) is 39.8 Å². The number of rotatable bonds is 6. The van der Waals surface area contributed by atoms with Gasteiger partial charge in [-0.15, -0.1) is 0 Å². The van der Waals surface area contributed by atoms with E-state index in [0.717, 1.165) is 0 Å². The number of ketones is 1. The topological polar surface area (TPSA) is 105 Å². The maximum Gasteiger partial charge on any atom is 0.514 e. The first-order valence-electron chi connectivity index (χ1n) is 9.13. The molecule has 0 radical (unpaired) electrons. The molecule has 0 bridgehead atoms. The van der Waals surface area contributed by atoms with Crippen LogP contribution in [0.4, 0.5) is 9.59 Å². The van der Waals surface area contributed by atoms with E-state index in [9.17, 15) is 19.2 Å². The Morgan fingerprint density at radius 2 is 1.57 bits per heavy atom. The van der Waals surface area contributed by atoms with Crippen LogP contribution < -0.4 is 9.47 Å². The number of hydrogen-bond donors (Lipinski definition) is 0. The lowest BCUT2D eigenvalue weighted by molar-refractivity contribution is 0.0204. The molecule has 2 rings (SSSR count). The predicted octanol–water partition coefficient (Wildman–Crippen LogP) is 4.58. The maximum atomic E-state index is 13.2. The van der Waals surface area contributed by atoms with Crippen molar-refractivity contribution in [1.82, 2.24) is 0 Å². The van der Waals surface area contributed by atoms with E-state index in [1.165, 1.54) is 30.3 Å². The molecule has 0 atom stereocenters. The second-order valence-corrected chi connectivity index (χ2v) is 7.02. The molecule has 8 nitrogen and oxygen atoms in total. The number of ether oxygens (including phenoxy) is 4. The van der Waals surface area contributed by atoms with Crippen molar-refractivity contribution >= 4 is 24.4 Å².